The smallest absolute Gasteiger partial charge is 0.251 e. The highest BCUT2D eigenvalue weighted by molar-refractivity contribution is 6.07. The summed E-state index contributed by atoms with van der Waals surface area (Å²) in [7, 11) is 3.18. The highest BCUT2D eigenvalue weighted by Crippen LogP contribution is 2.23. The van der Waals surface area contributed by atoms with Crippen LogP contribution in [0.3, 0.4) is 0 Å². The van der Waals surface area contributed by atoms with Crippen molar-refractivity contribution in [1.29, 1.82) is 0 Å². The average molecular weight is 965 g/mol. The Morgan fingerprint density at radius 3 is 1.25 bits per heavy atom. The molecule has 0 bridgehead atoms. The van der Waals surface area contributed by atoms with Crippen molar-refractivity contribution in [3.63, 3.8) is 0 Å². The fraction of sp³-hybridized carbons (Fsp3) is 0.333. The van der Waals surface area contributed by atoms with Crippen LogP contribution in [-0.4, -0.2) is 96.2 Å². The summed E-state index contributed by atoms with van der Waals surface area (Å²) in [5, 5.41) is 19.5. The van der Waals surface area contributed by atoms with E-state index in [0.717, 1.165) is 111 Å². The second-order valence-electron chi connectivity index (χ2n) is 19.7. The van der Waals surface area contributed by atoms with Gasteiger partial charge in [0.25, 0.3) is 22.9 Å². The van der Waals surface area contributed by atoms with E-state index in [2.05, 4.69) is 116 Å². The fourth-order valence-corrected chi connectivity index (χ4v) is 10.5. The van der Waals surface area contributed by atoms with Crippen LogP contribution in [0.25, 0.3) is 43.4 Å². The molecule has 0 spiro atoms. The third-order valence-electron chi connectivity index (χ3n) is 14.8. The minimum Gasteiger partial charge on any atom is -0.355 e. The molecule has 10 rings (SSSR count). The number of pyridine rings is 2. The number of carbonyl (C=O) groups excluding carboxylic acids is 2. The number of amides is 2. The fourth-order valence-electron chi connectivity index (χ4n) is 10.5. The Balaban J connectivity index is 0.000000178. The number of aryl methyl sites for hydroxylation is 2. The first-order valence-corrected chi connectivity index (χ1v) is 25.6. The molecule has 2 aliphatic rings. The standard InChI is InChI=1S/2C30H34N4O2/c2*1-21-7-10-26-27(30(36)31-2)19-29(35)34(28(26)17-21)16-15-33-13-11-25(12-14-33)32-20-22-8-9-23-5-3-4-6-24(23)18-22/h2*3-10,17-19,25,32H,11-16,20H2,1-2H3,(H,31,36). The lowest BCUT2D eigenvalue weighted by molar-refractivity contribution is 0.0956. The molecule has 12 heteroatoms. The van der Waals surface area contributed by atoms with Crippen molar-refractivity contribution < 1.29 is 9.59 Å². The molecule has 0 aliphatic carbocycles. The number of likely N-dealkylation sites (tertiary alicyclic amines) is 2. The normalized spacial score (nSPS) is 14.9. The summed E-state index contributed by atoms with van der Waals surface area (Å²) in [6.07, 6.45) is 4.38. The Hall–Kier alpha value is -6.96. The lowest BCUT2D eigenvalue weighted by Gasteiger charge is -2.32. The van der Waals surface area contributed by atoms with Crippen molar-refractivity contribution in [1.82, 2.24) is 40.2 Å². The van der Waals surface area contributed by atoms with Gasteiger partial charge >= 0.3 is 0 Å². The molecule has 2 aromatic heterocycles. The zero-order chi connectivity index (χ0) is 50.1. The zero-order valence-corrected chi connectivity index (χ0v) is 42.2. The highest BCUT2D eigenvalue weighted by atomic mass is 16.2. The maximum absolute atomic E-state index is 13.0. The van der Waals surface area contributed by atoms with Crippen LogP contribution in [0, 0.1) is 13.8 Å². The predicted octanol–water partition coefficient (Wildman–Crippen LogP) is 8.15. The number of nitrogens with zero attached hydrogens (tertiary/aromatic N) is 4. The molecule has 0 saturated carbocycles. The van der Waals surface area contributed by atoms with Crippen LogP contribution >= 0.6 is 0 Å². The number of piperidine rings is 2. The van der Waals surface area contributed by atoms with Crippen molar-refractivity contribution in [2.75, 3.05) is 53.4 Å². The molecular formula is C60H68N8O4. The summed E-state index contributed by atoms with van der Waals surface area (Å²) in [5.74, 6) is -0.460. The third kappa shape index (κ3) is 11.9. The van der Waals surface area contributed by atoms with Crippen molar-refractivity contribution >= 4 is 55.2 Å². The topological polar surface area (TPSA) is 133 Å². The van der Waals surface area contributed by atoms with E-state index in [1.807, 2.05) is 59.4 Å². The van der Waals surface area contributed by atoms with Crippen molar-refractivity contribution in [3.8, 4) is 0 Å². The molecule has 8 aromatic rings. The maximum atomic E-state index is 13.0. The summed E-state index contributed by atoms with van der Waals surface area (Å²) >= 11 is 0. The summed E-state index contributed by atoms with van der Waals surface area (Å²) < 4.78 is 3.64. The van der Waals surface area contributed by atoms with E-state index >= 15 is 0 Å². The molecule has 372 valence electrons. The van der Waals surface area contributed by atoms with Crippen molar-refractivity contribution in [2.45, 2.75) is 77.8 Å². The van der Waals surface area contributed by atoms with E-state index in [1.165, 1.54) is 44.8 Å². The van der Waals surface area contributed by atoms with Crippen LogP contribution in [0.1, 0.15) is 68.7 Å². The molecule has 4 N–H and O–H groups in total. The number of aromatic nitrogens is 2. The number of benzene rings is 6. The Morgan fingerprint density at radius 1 is 0.472 bits per heavy atom. The Kier molecular flexibility index (Phi) is 16.0. The molecular weight excluding hydrogens is 897 g/mol. The van der Waals surface area contributed by atoms with Gasteiger partial charge in [0.1, 0.15) is 0 Å². The lowest BCUT2D eigenvalue weighted by Crippen LogP contribution is -2.43. The van der Waals surface area contributed by atoms with E-state index in [1.54, 1.807) is 14.1 Å². The molecule has 12 nitrogen and oxygen atoms in total. The van der Waals surface area contributed by atoms with Gasteiger partial charge in [0.05, 0.1) is 22.2 Å². The van der Waals surface area contributed by atoms with Crippen LogP contribution in [-0.2, 0) is 26.2 Å². The van der Waals surface area contributed by atoms with Gasteiger partial charge in [0.15, 0.2) is 0 Å². The highest BCUT2D eigenvalue weighted by Gasteiger charge is 2.22. The Morgan fingerprint density at radius 2 is 0.861 bits per heavy atom. The zero-order valence-electron chi connectivity index (χ0n) is 42.2. The number of fused-ring (bicyclic) bond motifs is 4. The van der Waals surface area contributed by atoms with Crippen molar-refractivity contribution in [2.24, 2.45) is 0 Å². The van der Waals surface area contributed by atoms with Gasteiger partial charge in [-0.15, -0.1) is 0 Å². The summed E-state index contributed by atoms with van der Waals surface area (Å²) in [5.41, 5.74) is 7.05. The summed E-state index contributed by atoms with van der Waals surface area (Å²) in [6, 6.07) is 46.1. The molecule has 2 fully saturated rings. The number of hydrogen-bond donors (Lipinski definition) is 4. The van der Waals surface area contributed by atoms with Gasteiger partial charge in [-0.05, 0) is 134 Å². The minimum atomic E-state index is -0.230. The van der Waals surface area contributed by atoms with Crippen LogP contribution in [0.4, 0.5) is 0 Å². The van der Waals surface area contributed by atoms with E-state index < -0.39 is 0 Å². The minimum absolute atomic E-state index is 0.126. The van der Waals surface area contributed by atoms with Gasteiger partial charge in [-0.2, -0.15) is 0 Å². The average Bonchev–Trinajstić information content (AvgIpc) is 3.41. The van der Waals surface area contributed by atoms with Crippen LogP contribution in [0.2, 0.25) is 0 Å². The van der Waals surface area contributed by atoms with Crippen molar-refractivity contribution in [3.05, 3.63) is 188 Å². The van der Waals surface area contributed by atoms with Crippen LogP contribution in [0.5, 0.6) is 0 Å². The molecule has 4 heterocycles. The maximum Gasteiger partial charge on any atom is 0.251 e. The van der Waals surface area contributed by atoms with E-state index in [4.69, 9.17) is 0 Å². The molecule has 2 aliphatic heterocycles. The van der Waals surface area contributed by atoms with E-state index in [9.17, 15) is 19.2 Å². The van der Waals surface area contributed by atoms with Crippen LogP contribution < -0.4 is 32.4 Å². The summed E-state index contributed by atoms with van der Waals surface area (Å²) in [6.45, 7) is 12.7. The SMILES string of the molecule is CNC(=O)c1cc(=O)n(CCN2CCC(NCc3ccc4ccccc4c3)CC2)c2cc(C)ccc12.CNC(=O)c1cc(=O)n(CCN2CCC(NCc3ccc4ccccc4c3)CC2)c2cc(C)ccc12. The van der Waals surface area contributed by atoms with Gasteiger partial charge in [0.2, 0.25) is 0 Å². The second kappa shape index (κ2) is 23.1. The first-order valence-electron chi connectivity index (χ1n) is 25.6. The molecule has 72 heavy (non-hydrogen) atoms. The van der Waals surface area contributed by atoms with Gasteiger partial charge in [-0.3, -0.25) is 19.2 Å². The first kappa shape index (κ1) is 50.0. The quantitative estimate of drug-likeness (QED) is 0.0860. The molecule has 0 radical (unpaired) electrons. The Bertz CT molecular complexity index is 3120. The largest absolute Gasteiger partial charge is 0.355 e. The second-order valence-corrected chi connectivity index (χ2v) is 19.7. The van der Waals surface area contributed by atoms with E-state index in [-0.39, 0.29) is 22.9 Å². The van der Waals surface area contributed by atoms with E-state index in [0.29, 0.717) is 36.3 Å². The lowest BCUT2D eigenvalue weighted by atomic mass is 10.0. The van der Waals surface area contributed by atoms with Gasteiger partial charge in [-0.1, -0.05) is 97.1 Å². The Labute approximate surface area is 422 Å². The molecule has 6 aromatic carbocycles. The number of nitrogens with one attached hydrogen (secondary N) is 4. The molecule has 0 atom stereocenters. The summed E-state index contributed by atoms with van der Waals surface area (Å²) in [4.78, 5) is 55.5. The van der Waals surface area contributed by atoms with Gasteiger partial charge in [0, 0.05) is 88.4 Å². The molecule has 2 saturated heterocycles. The molecule has 0 unspecified atom stereocenters. The number of rotatable bonds is 14. The third-order valence-corrected chi connectivity index (χ3v) is 14.8. The van der Waals surface area contributed by atoms with Crippen LogP contribution in [0.15, 0.2) is 143 Å². The monoisotopic (exact) mass is 965 g/mol. The first-order chi connectivity index (χ1) is 35.0. The van der Waals surface area contributed by atoms with Gasteiger partial charge < -0.3 is 40.2 Å². The molecule has 2 amide bonds. The van der Waals surface area contributed by atoms with Gasteiger partial charge in [-0.25, -0.2) is 0 Å². The number of carbonyl (C=O) groups is 2. The number of hydrogen-bond acceptors (Lipinski definition) is 8. The predicted molar refractivity (Wildman–Crippen MR) is 293 cm³/mol.